The van der Waals surface area contributed by atoms with Gasteiger partial charge in [0.15, 0.2) is 0 Å². The number of hydrogen-bond acceptors (Lipinski definition) is 4. The van der Waals surface area contributed by atoms with Crippen LogP contribution in [-0.2, 0) is 16.0 Å². The van der Waals surface area contributed by atoms with Gasteiger partial charge in [0.05, 0.1) is 24.1 Å². The van der Waals surface area contributed by atoms with Gasteiger partial charge in [-0.05, 0) is 25.0 Å². The predicted octanol–water partition coefficient (Wildman–Crippen LogP) is 2.83. The number of esters is 1. The van der Waals surface area contributed by atoms with E-state index in [-0.39, 0.29) is 12.5 Å². The number of carbonyl (C=O) groups is 2. The molecule has 0 aliphatic rings. The van der Waals surface area contributed by atoms with Gasteiger partial charge in [-0.1, -0.05) is 30.3 Å². The van der Waals surface area contributed by atoms with Gasteiger partial charge in [-0.2, -0.15) is 0 Å². The molecule has 0 fully saturated rings. The average Bonchev–Trinajstić information content (AvgIpc) is 2.54. The summed E-state index contributed by atoms with van der Waals surface area (Å²) in [6.45, 7) is 2.01. The molecule has 0 spiro atoms. The Kier molecular flexibility index (Phi) is 5.65. The number of carbonyl (C=O) groups excluding carboxylic acids is 2. The van der Waals surface area contributed by atoms with Crippen LogP contribution >= 0.6 is 0 Å². The number of nitrogens with one attached hydrogen (secondary N) is 1. The van der Waals surface area contributed by atoms with Crippen molar-refractivity contribution in [2.24, 2.45) is 0 Å². The van der Waals surface area contributed by atoms with Crippen LogP contribution in [0.15, 0.2) is 48.8 Å². The topological polar surface area (TPSA) is 68.3 Å². The number of amides is 1. The normalized spacial score (nSPS) is 10.0. The lowest BCUT2D eigenvalue weighted by molar-refractivity contribution is -0.116. The van der Waals surface area contributed by atoms with Crippen LogP contribution in [0, 0.1) is 0 Å². The Labute approximate surface area is 129 Å². The van der Waals surface area contributed by atoms with Crippen LogP contribution < -0.4 is 5.32 Å². The molecule has 0 saturated heterocycles. The molecule has 22 heavy (non-hydrogen) atoms. The summed E-state index contributed by atoms with van der Waals surface area (Å²) in [5.74, 6) is -0.634. The number of aromatic nitrogens is 1. The summed E-state index contributed by atoms with van der Waals surface area (Å²) in [4.78, 5) is 27.8. The molecular weight excluding hydrogens is 280 g/mol. The maximum atomic E-state index is 12.0. The molecule has 1 aromatic heterocycles. The van der Waals surface area contributed by atoms with Crippen molar-refractivity contribution < 1.29 is 14.3 Å². The van der Waals surface area contributed by atoms with Crippen molar-refractivity contribution in [2.75, 3.05) is 11.9 Å². The fourth-order valence-electron chi connectivity index (χ4n) is 2.00. The van der Waals surface area contributed by atoms with Gasteiger partial charge in [0.2, 0.25) is 5.91 Å². The van der Waals surface area contributed by atoms with Crippen molar-refractivity contribution in [3.63, 3.8) is 0 Å². The standard InChI is InChI=1S/C17H18N2O3/c1-2-22-17(21)14-10-11-18-12-15(14)19-16(20)9-8-13-6-4-3-5-7-13/h3-7,10-12H,2,8-9H2,1H3,(H,19,20). The van der Waals surface area contributed by atoms with E-state index in [4.69, 9.17) is 4.74 Å². The van der Waals surface area contributed by atoms with Crippen molar-refractivity contribution in [3.05, 3.63) is 59.9 Å². The summed E-state index contributed by atoms with van der Waals surface area (Å²) >= 11 is 0. The zero-order valence-electron chi connectivity index (χ0n) is 12.4. The molecule has 0 bridgehead atoms. The van der Waals surface area contributed by atoms with Crippen LogP contribution in [0.2, 0.25) is 0 Å². The molecule has 5 heteroatoms. The molecule has 0 radical (unpaired) electrons. The third-order valence-electron chi connectivity index (χ3n) is 3.07. The summed E-state index contributed by atoms with van der Waals surface area (Å²) < 4.78 is 4.96. The van der Waals surface area contributed by atoms with Crippen LogP contribution in [0.3, 0.4) is 0 Å². The fraction of sp³-hybridized carbons (Fsp3) is 0.235. The van der Waals surface area contributed by atoms with Crippen LogP contribution in [0.25, 0.3) is 0 Å². The second kappa shape index (κ2) is 7.93. The molecule has 1 heterocycles. The summed E-state index contributed by atoms with van der Waals surface area (Å²) in [7, 11) is 0. The lowest BCUT2D eigenvalue weighted by atomic mass is 10.1. The van der Waals surface area contributed by atoms with Crippen molar-refractivity contribution in [1.29, 1.82) is 0 Å². The Hall–Kier alpha value is -2.69. The van der Waals surface area contributed by atoms with E-state index in [1.54, 1.807) is 6.92 Å². The lowest BCUT2D eigenvalue weighted by Gasteiger charge is -2.09. The van der Waals surface area contributed by atoms with Crippen LogP contribution in [0.1, 0.15) is 29.3 Å². The zero-order valence-corrected chi connectivity index (χ0v) is 12.4. The Morgan fingerprint density at radius 2 is 1.95 bits per heavy atom. The Morgan fingerprint density at radius 3 is 2.68 bits per heavy atom. The van der Waals surface area contributed by atoms with E-state index in [0.717, 1.165) is 5.56 Å². The summed E-state index contributed by atoms with van der Waals surface area (Å²) in [6.07, 6.45) is 3.92. The maximum absolute atomic E-state index is 12.0. The van der Waals surface area contributed by atoms with Crippen molar-refractivity contribution in [1.82, 2.24) is 4.98 Å². The smallest absolute Gasteiger partial charge is 0.340 e. The first-order valence-electron chi connectivity index (χ1n) is 7.15. The molecule has 114 valence electrons. The highest BCUT2D eigenvalue weighted by Gasteiger charge is 2.14. The van der Waals surface area contributed by atoms with E-state index in [9.17, 15) is 9.59 Å². The predicted molar refractivity (Wildman–Crippen MR) is 83.6 cm³/mol. The highest BCUT2D eigenvalue weighted by Crippen LogP contribution is 2.15. The number of aryl methyl sites for hydroxylation is 1. The second-order valence-corrected chi connectivity index (χ2v) is 4.68. The highest BCUT2D eigenvalue weighted by atomic mass is 16.5. The quantitative estimate of drug-likeness (QED) is 0.833. The molecule has 0 aliphatic heterocycles. The van der Waals surface area contributed by atoms with Crippen LogP contribution in [0.5, 0.6) is 0 Å². The first-order chi connectivity index (χ1) is 10.7. The number of nitrogens with zero attached hydrogens (tertiary/aromatic N) is 1. The Bertz CT molecular complexity index is 641. The lowest BCUT2D eigenvalue weighted by Crippen LogP contribution is -2.16. The van der Waals surface area contributed by atoms with Gasteiger partial charge in [-0.3, -0.25) is 9.78 Å². The van der Waals surface area contributed by atoms with E-state index in [0.29, 0.717) is 24.1 Å². The van der Waals surface area contributed by atoms with Gasteiger partial charge < -0.3 is 10.1 Å². The molecule has 1 aromatic carbocycles. The van der Waals surface area contributed by atoms with Gasteiger partial charge in [-0.15, -0.1) is 0 Å². The van der Waals surface area contributed by atoms with Crippen LogP contribution in [0.4, 0.5) is 5.69 Å². The summed E-state index contributed by atoms with van der Waals surface area (Å²) in [5.41, 5.74) is 1.78. The van der Waals surface area contributed by atoms with E-state index in [1.807, 2.05) is 30.3 Å². The minimum Gasteiger partial charge on any atom is -0.462 e. The molecule has 0 atom stereocenters. The van der Waals surface area contributed by atoms with Crippen molar-refractivity contribution >= 4 is 17.6 Å². The molecule has 1 amide bonds. The van der Waals surface area contributed by atoms with Crippen LogP contribution in [-0.4, -0.2) is 23.5 Å². The molecule has 5 nitrogen and oxygen atoms in total. The van der Waals surface area contributed by atoms with Gasteiger partial charge in [-0.25, -0.2) is 4.79 Å². The Balaban J connectivity index is 1.98. The average molecular weight is 298 g/mol. The zero-order chi connectivity index (χ0) is 15.8. The largest absolute Gasteiger partial charge is 0.462 e. The van der Waals surface area contributed by atoms with E-state index < -0.39 is 5.97 Å². The van der Waals surface area contributed by atoms with Gasteiger partial charge in [0, 0.05) is 12.6 Å². The van der Waals surface area contributed by atoms with E-state index >= 15 is 0 Å². The number of ether oxygens (including phenoxy) is 1. The van der Waals surface area contributed by atoms with Crippen molar-refractivity contribution in [2.45, 2.75) is 19.8 Å². The summed E-state index contributed by atoms with van der Waals surface area (Å²) in [5, 5.41) is 2.72. The first-order valence-corrected chi connectivity index (χ1v) is 7.15. The van der Waals surface area contributed by atoms with Gasteiger partial charge in [0.25, 0.3) is 0 Å². The first kappa shape index (κ1) is 15.7. The Morgan fingerprint density at radius 1 is 1.18 bits per heavy atom. The molecular formula is C17H18N2O3. The highest BCUT2D eigenvalue weighted by molar-refractivity contribution is 6.01. The number of pyridine rings is 1. The second-order valence-electron chi connectivity index (χ2n) is 4.68. The fourth-order valence-corrected chi connectivity index (χ4v) is 2.00. The van der Waals surface area contributed by atoms with Gasteiger partial charge in [0.1, 0.15) is 0 Å². The monoisotopic (exact) mass is 298 g/mol. The third-order valence-corrected chi connectivity index (χ3v) is 3.07. The minimum atomic E-state index is -0.469. The molecule has 0 aliphatic carbocycles. The summed E-state index contributed by atoms with van der Waals surface area (Å²) in [6, 6.07) is 11.3. The SMILES string of the molecule is CCOC(=O)c1ccncc1NC(=O)CCc1ccccc1. The van der Waals surface area contributed by atoms with E-state index in [1.165, 1.54) is 18.5 Å². The third kappa shape index (κ3) is 4.41. The number of rotatable bonds is 6. The number of hydrogen-bond donors (Lipinski definition) is 1. The molecule has 0 unspecified atom stereocenters. The molecule has 1 N–H and O–H groups in total. The van der Waals surface area contributed by atoms with Crippen molar-refractivity contribution in [3.8, 4) is 0 Å². The molecule has 0 saturated carbocycles. The molecule has 2 rings (SSSR count). The number of anilines is 1. The van der Waals surface area contributed by atoms with E-state index in [2.05, 4.69) is 10.3 Å². The van der Waals surface area contributed by atoms with Gasteiger partial charge >= 0.3 is 5.97 Å². The molecule has 2 aromatic rings. The number of benzene rings is 1. The minimum absolute atomic E-state index is 0.164. The maximum Gasteiger partial charge on any atom is 0.340 e.